The third-order valence-electron chi connectivity index (χ3n) is 3.48. The highest BCUT2D eigenvalue weighted by Crippen LogP contribution is 2.27. The van der Waals surface area contributed by atoms with Crippen LogP contribution >= 0.6 is 0 Å². The number of carbonyl (C=O) groups excluding carboxylic acids is 1. The molecule has 0 saturated heterocycles. The first-order valence-corrected chi connectivity index (χ1v) is 6.40. The summed E-state index contributed by atoms with van der Waals surface area (Å²) in [5, 5.41) is 0.626. The monoisotopic (exact) mass is 279 g/mol. The first kappa shape index (κ1) is 14.5. The van der Waals surface area contributed by atoms with E-state index in [1.807, 2.05) is 6.92 Å². The third kappa shape index (κ3) is 2.54. The first-order chi connectivity index (χ1) is 9.45. The van der Waals surface area contributed by atoms with E-state index < -0.39 is 0 Å². The summed E-state index contributed by atoms with van der Waals surface area (Å²) in [4.78, 5) is 14.0. The number of likely N-dealkylation sites (N-methyl/N-ethyl adjacent to an activating group) is 1. The molecule has 4 nitrogen and oxygen atoms in total. The summed E-state index contributed by atoms with van der Waals surface area (Å²) in [6.07, 6.45) is 0. The second-order valence-corrected chi connectivity index (χ2v) is 4.92. The smallest absolute Gasteiger partial charge is 0.289 e. The van der Waals surface area contributed by atoms with Crippen molar-refractivity contribution in [3.8, 4) is 0 Å². The lowest BCUT2D eigenvalue weighted by Gasteiger charge is -2.23. The molecule has 1 aromatic heterocycles. The van der Waals surface area contributed by atoms with Gasteiger partial charge in [0.2, 0.25) is 0 Å². The number of carbonyl (C=O) groups is 1. The van der Waals surface area contributed by atoms with E-state index in [2.05, 4.69) is 0 Å². The predicted octanol–water partition coefficient (Wildman–Crippen LogP) is 2.99. The van der Waals surface area contributed by atoms with E-state index in [-0.39, 0.29) is 23.5 Å². The minimum absolute atomic E-state index is 0.0724. The minimum Gasteiger partial charge on any atom is -0.451 e. The number of amides is 1. The molecule has 0 radical (unpaired) electrons. The Morgan fingerprint density at radius 3 is 2.85 bits per heavy atom. The van der Waals surface area contributed by atoms with Gasteiger partial charge < -0.3 is 14.1 Å². The Morgan fingerprint density at radius 1 is 1.50 bits per heavy atom. The highest BCUT2D eigenvalue weighted by atomic mass is 19.1. The van der Waals surface area contributed by atoms with Gasteiger partial charge in [0, 0.05) is 25.1 Å². The number of hydrogen-bond donors (Lipinski definition) is 0. The van der Waals surface area contributed by atoms with Crippen LogP contribution in [0.25, 0.3) is 11.0 Å². The number of benzene rings is 1. The van der Waals surface area contributed by atoms with Crippen LogP contribution in [-0.2, 0) is 4.74 Å². The molecule has 2 rings (SSSR count). The highest BCUT2D eigenvalue weighted by Gasteiger charge is 2.24. The van der Waals surface area contributed by atoms with E-state index in [0.717, 1.165) is 0 Å². The topological polar surface area (TPSA) is 42.7 Å². The lowest BCUT2D eigenvalue weighted by Crippen LogP contribution is -2.37. The lowest BCUT2D eigenvalue weighted by atomic mass is 10.1. The number of aryl methyl sites for hydroxylation is 1. The summed E-state index contributed by atoms with van der Waals surface area (Å²) in [6, 6.07) is 4.16. The Labute approximate surface area is 117 Å². The van der Waals surface area contributed by atoms with Gasteiger partial charge in [0.1, 0.15) is 11.4 Å². The van der Waals surface area contributed by atoms with E-state index in [1.165, 1.54) is 18.2 Å². The molecule has 1 aromatic carbocycles. The maximum atomic E-state index is 13.3. The number of ether oxygens (including phenoxy) is 1. The molecule has 0 aliphatic rings. The number of furan rings is 1. The molecule has 108 valence electrons. The van der Waals surface area contributed by atoms with Crippen molar-refractivity contribution in [3.05, 3.63) is 35.3 Å². The maximum Gasteiger partial charge on any atom is 0.289 e. The number of hydrogen-bond acceptors (Lipinski definition) is 3. The zero-order chi connectivity index (χ0) is 14.9. The summed E-state index contributed by atoms with van der Waals surface area (Å²) in [7, 11) is 3.28. The standard InChI is InChI=1S/C15H18FNO3/c1-9(8-19-4)17(3)15(18)14-10(2)12-7-11(16)5-6-13(12)20-14/h5-7,9H,8H2,1-4H3/t9-/m0/s1. The highest BCUT2D eigenvalue weighted by molar-refractivity contribution is 5.98. The Hall–Kier alpha value is -1.88. The number of rotatable bonds is 4. The lowest BCUT2D eigenvalue weighted by molar-refractivity contribution is 0.0605. The van der Waals surface area contributed by atoms with Crippen LogP contribution in [0, 0.1) is 12.7 Å². The molecule has 0 fully saturated rings. The second kappa shape index (κ2) is 5.63. The molecule has 0 saturated carbocycles. The minimum atomic E-state index is -0.346. The first-order valence-electron chi connectivity index (χ1n) is 6.40. The van der Waals surface area contributed by atoms with Gasteiger partial charge in [-0.1, -0.05) is 0 Å². The Kier molecular flexibility index (Phi) is 4.09. The second-order valence-electron chi connectivity index (χ2n) is 4.92. The molecular formula is C15H18FNO3. The number of halogens is 1. The molecule has 0 unspecified atom stereocenters. The number of fused-ring (bicyclic) bond motifs is 1. The molecule has 1 atom stereocenters. The van der Waals surface area contributed by atoms with Crippen molar-refractivity contribution >= 4 is 16.9 Å². The molecule has 0 aliphatic heterocycles. The van der Waals surface area contributed by atoms with Crippen LogP contribution in [0.4, 0.5) is 4.39 Å². The summed E-state index contributed by atoms with van der Waals surface area (Å²) in [6.45, 7) is 4.09. The van der Waals surface area contributed by atoms with Gasteiger partial charge in [-0.3, -0.25) is 4.79 Å². The SMILES string of the molecule is COC[C@H](C)N(C)C(=O)c1oc2ccc(F)cc2c1C. The average Bonchev–Trinajstić information content (AvgIpc) is 2.74. The van der Waals surface area contributed by atoms with Crippen LogP contribution in [0.2, 0.25) is 0 Å². The zero-order valence-electron chi connectivity index (χ0n) is 12.1. The molecule has 20 heavy (non-hydrogen) atoms. The summed E-state index contributed by atoms with van der Waals surface area (Å²) < 4.78 is 23.9. The van der Waals surface area contributed by atoms with Crippen LogP contribution in [0.1, 0.15) is 23.0 Å². The maximum absolute atomic E-state index is 13.3. The number of methoxy groups -OCH3 is 1. The molecule has 0 aliphatic carbocycles. The van der Waals surface area contributed by atoms with Crippen LogP contribution < -0.4 is 0 Å². The molecular weight excluding hydrogens is 261 g/mol. The van der Waals surface area contributed by atoms with E-state index in [0.29, 0.717) is 23.1 Å². The van der Waals surface area contributed by atoms with E-state index in [4.69, 9.17) is 9.15 Å². The Balaban J connectivity index is 2.37. The van der Waals surface area contributed by atoms with Crippen molar-refractivity contribution < 1.29 is 18.3 Å². The molecule has 1 amide bonds. The fourth-order valence-electron chi connectivity index (χ4n) is 2.11. The molecule has 0 N–H and O–H groups in total. The molecule has 2 aromatic rings. The fraction of sp³-hybridized carbons (Fsp3) is 0.400. The molecule has 0 spiro atoms. The van der Waals surface area contributed by atoms with Crippen LogP contribution in [0.3, 0.4) is 0 Å². The molecule has 1 heterocycles. The molecule has 5 heteroatoms. The van der Waals surface area contributed by atoms with E-state index in [9.17, 15) is 9.18 Å². The van der Waals surface area contributed by atoms with Crippen molar-refractivity contribution in [2.45, 2.75) is 19.9 Å². The summed E-state index contributed by atoms with van der Waals surface area (Å²) in [5.41, 5.74) is 1.17. The number of nitrogens with zero attached hydrogens (tertiary/aromatic N) is 1. The van der Waals surface area contributed by atoms with Gasteiger partial charge in [0.15, 0.2) is 5.76 Å². The van der Waals surface area contributed by atoms with Crippen molar-refractivity contribution in [2.75, 3.05) is 20.8 Å². The fourth-order valence-corrected chi connectivity index (χ4v) is 2.11. The van der Waals surface area contributed by atoms with Gasteiger partial charge in [0.25, 0.3) is 5.91 Å². The van der Waals surface area contributed by atoms with Crippen molar-refractivity contribution in [1.82, 2.24) is 4.90 Å². The molecule has 0 bridgehead atoms. The third-order valence-corrected chi connectivity index (χ3v) is 3.48. The van der Waals surface area contributed by atoms with Gasteiger partial charge in [-0.15, -0.1) is 0 Å². The van der Waals surface area contributed by atoms with Crippen LogP contribution in [-0.4, -0.2) is 37.6 Å². The normalized spacial score (nSPS) is 12.7. The Morgan fingerprint density at radius 2 is 2.20 bits per heavy atom. The van der Waals surface area contributed by atoms with Crippen LogP contribution in [0.15, 0.2) is 22.6 Å². The quantitative estimate of drug-likeness (QED) is 0.864. The predicted molar refractivity (Wildman–Crippen MR) is 74.3 cm³/mol. The van der Waals surface area contributed by atoms with Crippen molar-refractivity contribution in [2.24, 2.45) is 0 Å². The van der Waals surface area contributed by atoms with Crippen LogP contribution in [0.5, 0.6) is 0 Å². The van der Waals surface area contributed by atoms with E-state index >= 15 is 0 Å². The van der Waals surface area contributed by atoms with Crippen molar-refractivity contribution in [1.29, 1.82) is 0 Å². The van der Waals surface area contributed by atoms with Gasteiger partial charge in [-0.25, -0.2) is 4.39 Å². The van der Waals surface area contributed by atoms with Crippen molar-refractivity contribution in [3.63, 3.8) is 0 Å². The van der Waals surface area contributed by atoms with Gasteiger partial charge in [0.05, 0.1) is 12.6 Å². The Bertz CT molecular complexity index is 635. The average molecular weight is 279 g/mol. The summed E-state index contributed by atoms with van der Waals surface area (Å²) >= 11 is 0. The summed E-state index contributed by atoms with van der Waals surface area (Å²) in [5.74, 6) is -0.332. The van der Waals surface area contributed by atoms with Gasteiger partial charge in [-0.2, -0.15) is 0 Å². The van der Waals surface area contributed by atoms with E-state index in [1.54, 1.807) is 26.0 Å². The zero-order valence-corrected chi connectivity index (χ0v) is 12.1. The largest absolute Gasteiger partial charge is 0.451 e. The van der Waals surface area contributed by atoms with Gasteiger partial charge >= 0.3 is 0 Å². The van der Waals surface area contributed by atoms with Gasteiger partial charge in [-0.05, 0) is 32.0 Å².